The Morgan fingerprint density at radius 2 is 2.09 bits per heavy atom. The zero-order valence-corrected chi connectivity index (χ0v) is 13.2. The van der Waals surface area contributed by atoms with E-state index >= 15 is 0 Å². The van der Waals surface area contributed by atoms with Crippen LogP contribution in [-0.2, 0) is 17.9 Å². The molecule has 1 atom stereocenters. The van der Waals surface area contributed by atoms with E-state index in [1.807, 2.05) is 29.5 Å². The van der Waals surface area contributed by atoms with Gasteiger partial charge in [0.2, 0.25) is 0 Å². The van der Waals surface area contributed by atoms with Gasteiger partial charge in [-0.05, 0) is 36.2 Å². The average molecular weight is 327 g/mol. The van der Waals surface area contributed by atoms with E-state index in [-0.39, 0.29) is 6.61 Å². The Morgan fingerprint density at radius 1 is 1.27 bits per heavy atom. The van der Waals surface area contributed by atoms with E-state index in [1.54, 1.807) is 11.3 Å². The van der Waals surface area contributed by atoms with Crippen LogP contribution >= 0.6 is 11.3 Å². The second-order valence-corrected chi connectivity index (χ2v) is 6.23. The Kier molecular flexibility index (Phi) is 6.45. The molecule has 1 unspecified atom stereocenters. The van der Waals surface area contributed by atoms with E-state index < -0.39 is 17.7 Å². The minimum absolute atomic E-state index is 0.236. The van der Waals surface area contributed by atoms with Crippen molar-refractivity contribution in [2.45, 2.75) is 19.3 Å². The Morgan fingerprint density at radius 3 is 2.77 bits per heavy atom. The van der Waals surface area contributed by atoms with Crippen LogP contribution in [0.4, 0.5) is 8.78 Å². The van der Waals surface area contributed by atoms with Gasteiger partial charge in [0.05, 0.1) is 19.3 Å². The van der Waals surface area contributed by atoms with Gasteiger partial charge in [-0.1, -0.05) is 12.1 Å². The van der Waals surface area contributed by atoms with Crippen LogP contribution in [0.25, 0.3) is 0 Å². The predicted molar refractivity (Wildman–Crippen MR) is 82.7 cm³/mol. The van der Waals surface area contributed by atoms with Gasteiger partial charge >= 0.3 is 0 Å². The third-order valence-electron chi connectivity index (χ3n) is 3.09. The van der Waals surface area contributed by atoms with Crippen molar-refractivity contribution >= 4 is 11.3 Å². The second kappa shape index (κ2) is 8.33. The maximum atomic E-state index is 13.1. The molecule has 1 N–H and O–H groups in total. The molecule has 0 radical (unpaired) electrons. The number of nitrogens with zero attached hydrogens (tertiary/aromatic N) is 1. The molecule has 0 bridgehead atoms. The lowest BCUT2D eigenvalue weighted by Gasteiger charge is -2.20. The van der Waals surface area contributed by atoms with E-state index in [0.717, 1.165) is 10.9 Å². The van der Waals surface area contributed by atoms with Crippen LogP contribution < -0.4 is 0 Å². The summed E-state index contributed by atoms with van der Waals surface area (Å²) in [5.41, 5.74) is 0.660. The maximum absolute atomic E-state index is 13.1. The zero-order valence-electron chi connectivity index (χ0n) is 12.3. The summed E-state index contributed by atoms with van der Waals surface area (Å²) in [6.07, 6.45) is -0.629. The van der Waals surface area contributed by atoms with Crippen LogP contribution in [0, 0.1) is 11.6 Å². The molecule has 1 aromatic carbocycles. The van der Waals surface area contributed by atoms with Gasteiger partial charge in [-0.15, -0.1) is 11.3 Å². The molecule has 1 heterocycles. The lowest BCUT2D eigenvalue weighted by molar-refractivity contribution is 0.0135. The van der Waals surface area contributed by atoms with Crippen molar-refractivity contribution in [1.82, 2.24) is 4.90 Å². The highest BCUT2D eigenvalue weighted by atomic mass is 32.1. The number of hydrogen-bond donors (Lipinski definition) is 1. The second-order valence-electron chi connectivity index (χ2n) is 5.19. The summed E-state index contributed by atoms with van der Waals surface area (Å²) in [5.74, 6) is -1.71. The molecule has 0 aliphatic heterocycles. The Bertz CT molecular complexity index is 578. The fourth-order valence-electron chi connectivity index (χ4n) is 2.12. The highest BCUT2D eigenvalue weighted by Gasteiger charge is 2.10. The third kappa shape index (κ3) is 5.46. The lowest BCUT2D eigenvalue weighted by Crippen LogP contribution is -2.31. The van der Waals surface area contributed by atoms with Crippen LogP contribution in [0.15, 0.2) is 35.7 Å². The molecule has 2 aromatic rings. The molecule has 3 nitrogen and oxygen atoms in total. The standard InChI is InChI=1S/C16H19F2NO2S/c1-19(8-12-4-5-15(17)16(18)7-12)9-13(20)10-21-11-14-3-2-6-22-14/h2-7,13,20H,8-11H2,1H3. The van der Waals surface area contributed by atoms with Crippen LogP contribution in [0.2, 0.25) is 0 Å². The molecule has 22 heavy (non-hydrogen) atoms. The van der Waals surface area contributed by atoms with Crippen LogP contribution in [0.3, 0.4) is 0 Å². The van der Waals surface area contributed by atoms with E-state index in [4.69, 9.17) is 4.74 Å². The first-order valence-electron chi connectivity index (χ1n) is 6.95. The summed E-state index contributed by atoms with van der Waals surface area (Å²) < 4.78 is 31.4. The molecular formula is C16H19F2NO2S. The summed E-state index contributed by atoms with van der Waals surface area (Å²) in [5, 5.41) is 11.9. The van der Waals surface area contributed by atoms with Gasteiger partial charge in [0.1, 0.15) is 0 Å². The Labute approximate surface area is 132 Å². The number of aliphatic hydroxyl groups excluding tert-OH is 1. The summed E-state index contributed by atoms with van der Waals surface area (Å²) in [6, 6.07) is 7.75. The highest BCUT2D eigenvalue weighted by molar-refractivity contribution is 7.09. The number of thiophene rings is 1. The van der Waals surface area contributed by atoms with Crippen molar-refractivity contribution in [1.29, 1.82) is 0 Å². The maximum Gasteiger partial charge on any atom is 0.159 e. The van der Waals surface area contributed by atoms with E-state index in [9.17, 15) is 13.9 Å². The van der Waals surface area contributed by atoms with Crippen molar-refractivity contribution in [3.05, 3.63) is 57.8 Å². The molecule has 120 valence electrons. The molecular weight excluding hydrogens is 308 g/mol. The number of rotatable bonds is 8. The van der Waals surface area contributed by atoms with Crippen molar-refractivity contribution in [2.24, 2.45) is 0 Å². The van der Waals surface area contributed by atoms with E-state index in [0.29, 0.717) is 25.3 Å². The molecule has 6 heteroatoms. The predicted octanol–water partition coefficient (Wildman–Crippen LogP) is 3.04. The normalized spacial score (nSPS) is 12.8. The zero-order chi connectivity index (χ0) is 15.9. The molecule has 0 aliphatic carbocycles. The SMILES string of the molecule is CN(Cc1ccc(F)c(F)c1)CC(O)COCc1cccs1. The first-order chi connectivity index (χ1) is 10.5. The first-order valence-corrected chi connectivity index (χ1v) is 7.83. The number of benzene rings is 1. The van der Waals surface area contributed by atoms with Crippen molar-refractivity contribution in [2.75, 3.05) is 20.2 Å². The summed E-state index contributed by atoms with van der Waals surface area (Å²) in [7, 11) is 1.81. The fourth-order valence-corrected chi connectivity index (χ4v) is 2.76. The van der Waals surface area contributed by atoms with E-state index in [1.165, 1.54) is 12.1 Å². The number of likely N-dealkylation sites (N-methyl/N-ethyl adjacent to an activating group) is 1. The van der Waals surface area contributed by atoms with Gasteiger partial charge in [-0.2, -0.15) is 0 Å². The van der Waals surface area contributed by atoms with Crippen LogP contribution in [0.5, 0.6) is 0 Å². The summed E-state index contributed by atoms with van der Waals surface area (Å²) in [4.78, 5) is 2.95. The van der Waals surface area contributed by atoms with Gasteiger partial charge in [-0.3, -0.25) is 4.90 Å². The molecule has 0 amide bonds. The van der Waals surface area contributed by atoms with Gasteiger partial charge in [0.25, 0.3) is 0 Å². The minimum Gasteiger partial charge on any atom is -0.389 e. The van der Waals surface area contributed by atoms with Crippen LogP contribution in [-0.4, -0.2) is 36.3 Å². The van der Waals surface area contributed by atoms with Gasteiger partial charge in [-0.25, -0.2) is 8.78 Å². The van der Waals surface area contributed by atoms with Crippen LogP contribution in [0.1, 0.15) is 10.4 Å². The van der Waals surface area contributed by atoms with Crippen molar-refractivity contribution in [3.8, 4) is 0 Å². The highest BCUT2D eigenvalue weighted by Crippen LogP contribution is 2.11. The number of halogens is 2. The van der Waals surface area contributed by atoms with Crippen molar-refractivity contribution < 1.29 is 18.6 Å². The lowest BCUT2D eigenvalue weighted by atomic mass is 10.2. The molecule has 0 saturated carbocycles. The smallest absolute Gasteiger partial charge is 0.159 e. The Hall–Kier alpha value is -1.34. The van der Waals surface area contributed by atoms with Gasteiger partial charge < -0.3 is 9.84 Å². The van der Waals surface area contributed by atoms with E-state index in [2.05, 4.69) is 0 Å². The largest absolute Gasteiger partial charge is 0.389 e. The molecule has 0 spiro atoms. The number of hydrogen-bond acceptors (Lipinski definition) is 4. The molecule has 1 aromatic heterocycles. The quantitative estimate of drug-likeness (QED) is 0.809. The topological polar surface area (TPSA) is 32.7 Å². The summed E-state index contributed by atoms with van der Waals surface area (Å²) >= 11 is 1.61. The number of ether oxygens (including phenoxy) is 1. The average Bonchev–Trinajstić information content (AvgIpc) is 2.96. The van der Waals surface area contributed by atoms with Gasteiger partial charge in [0, 0.05) is 18.0 Å². The molecule has 0 fully saturated rings. The van der Waals surface area contributed by atoms with Gasteiger partial charge in [0.15, 0.2) is 11.6 Å². The summed E-state index contributed by atoms with van der Waals surface area (Å²) in [6.45, 7) is 1.55. The Balaban J connectivity index is 1.71. The monoisotopic (exact) mass is 327 g/mol. The molecule has 2 rings (SSSR count). The molecule has 0 aliphatic rings. The first kappa shape index (κ1) is 17.0. The third-order valence-corrected chi connectivity index (χ3v) is 3.94. The molecule has 0 saturated heterocycles. The minimum atomic E-state index is -0.856. The van der Waals surface area contributed by atoms with Crippen molar-refractivity contribution in [3.63, 3.8) is 0 Å². The number of aliphatic hydroxyl groups is 1. The fraction of sp³-hybridized carbons (Fsp3) is 0.375.